The first-order chi connectivity index (χ1) is 8.49. The predicted molar refractivity (Wildman–Crippen MR) is 69.3 cm³/mol. The third kappa shape index (κ3) is 2.90. The highest BCUT2D eigenvalue weighted by Crippen LogP contribution is 2.23. The lowest BCUT2D eigenvalue weighted by Crippen LogP contribution is -2.13. The minimum Gasteiger partial charge on any atom is -0.279 e. The predicted octanol–water partition coefficient (Wildman–Crippen LogP) is 2.58. The molecule has 8 heteroatoms. The van der Waals surface area contributed by atoms with Crippen molar-refractivity contribution in [1.82, 2.24) is 9.97 Å². The van der Waals surface area contributed by atoms with Gasteiger partial charge in [0.25, 0.3) is 10.0 Å². The molecule has 0 fully saturated rings. The molecule has 2 heterocycles. The molecular weight excluding hydrogens is 297 g/mol. The first kappa shape index (κ1) is 13.1. The maximum atomic E-state index is 12.0. The number of hydrogen-bond donors (Lipinski definition) is 1. The van der Waals surface area contributed by atoms with E-state index in [9.17, 15) is 8.42 Å². The Morgan fingerprint density at radius 2 is 1.83 bits per heavy atom. The summed E-state index contributed by atoms with van der Waals surface area (Å²) in [6.45, 7) is 0. The lowest BCUT2D eigenvalue weighted by atomic mass is 10.4. The van der Waals surface area contributed by atoms with Crippen molar-refractivity contribution >= 4 is 38.9 Å². The minimum absolute atomic E-state index is 0.0551. The van der Waals surface area contributed by atoms with E-state index in [0.29, 0.717) is 5.69 Å². The summed E-state index contributed by atoms with van der Waals surface area (Å²) in [6, 6.07) is 4.30. The number of sulfonamides is 1. The van der Waals surface area contributed by atoms with Gasteiger partial charge in [0.1, 0.15) is 10.0 Å². The molecule has 94 valence electrons. The summed E-state index contributed by atoms with van der Waals surface area (Å²) in [4.78, 5) is 7.42. The number of nitrogens with zero attached hydrogens (tertiary/aromatic N) is 2. The van der Waals surface area contributed by atoms with Crippen molar-refractivity contribution in [2.45, 2.75) is 4.90 Å². The summed E-state index contributed by atoms with van der Waals surface area (Å²) in [7, 11) is -3.74. The van der Waals surface area contributed by atoms with Crippen LogP contribution in [0.25, 0.3) is 0 Å². The summed E-state index contributed by atoms with van der Waals surface area (Å²) < 4.78 is 26.4. The zero-order valence-corrected chi connectivity index (χ0v) is 11.2. The molecule has 0 aliphatic heterocycles. The molecule has 2 aromatic rings. The van der Waals surface area contributed by atoms with Crippen LogP contribution in [-0.4, -0.2) is 18.4 Å². The number of aromatic nitrogens is 2. The Morgan fingerprint density at radius 1 is 1.17 bits per heavy atom. The number of hydrogen-bond acceptors (Lipinski definition) is 4. The fourth-order valence-electron chi connectivity index (χ4n) is 1.18. The zero-order valence-electron chi connectivity index (χ0n) is 8.84. The molecular formula is C10H7Cl2N3O2S. The first-order valence-electron chi connectivity index (χ1n) is 4.73. The summed E-state index contributed by atoms with van der Waals surface area (Å²) in [6.07, 6.45) is 4.09. The smallest absolute Gasteiger partial charge is 0.263 e. The van der Waals surface area contributed by atoms with E-state index in [4.69, 9.17) is 23.2 Å². The highest BCUT2D eigenvalue weighted by atomic mass is 35.5. The number of pyridine rings is 2. The molecule has 0 aliphatic rings. The van der Waals surface area contributed by atoms with Gasteiger partial charge in [0, 0.05) is 18.6 Å². The monoisotopic (exact) mass is 303 g/mol. The number of rotatable bonds is 3. The highest BCUT2D eigenvalue weighted by Gasteiger charge is 2.16. The average Bonchev–Trinajstić information content (AvgIpc) is 2.33. The Kier molecular flexibility index (Phi) is 3.70. The molecule has 18 heavy (non-hydrogen) atoms. The molecule has 2 aromatic heterocycles. The molecule has 0 aliphatic carbocycles. The SMILES string of the molecule is O=S(=O)(Nc1ccncc1)c1cnc(Cl)c(Cl)c1. The van der Waals surface area contributed by atoms with Crippen LogP contribution in [0.3, 0.4) is 0 Å². The maximum Gasteiger partial charge on any atom is 0.263 e. The van der Waals surface area contributed by atoms with Crippen LogP contribution >= 0.6 is 23.2 Å². The van der Waals surface area contributed by atoms with Crippen LogP contribution in [0.15, 0.2) is 41.7 Å². The van der Waals surface area contributed by atoms with Gasteiger partial charge in [0.15, 0.2) is 0 Å². The maximum absolute atomic E-state index is 12.0. The van der Waals surface area contributed by atoms with Gasteiger partial charge in [0.05, 0.1) is 10.7 Å². The van der Waals surface area contributed by atoms with Crippen LogP contribution in [-0.2, 0) is 10.0 Å². The molecule has 0 radical (unpaired) electrons. The third-order valence-electron chi connectivity index (χ3n) is 2.01. The number of halogens is 2. The number of anilines is 1. The highest BCUT2D eigenvalue weighted by molar-refractivity contribution is 7.92. The second-order valence-corrected chi connectivity index (χ2v) is 5.73. The van der Waals surface area contributed by atoms with Crippen LogP contribution in [0.4, 0.5) is 5.69 Å². The second-order valence-electron chi connectivity index (χ2n) is 3.29. The van der Waals surface area contributed by atoms with Gasteiger partial charge in [-0.3, -0.25) is 9.71 Å². The second kappa shape index (κ2) is 5.09. The van der Waals surface area contributed by atoms with Gasteiger partial charge < -0.3 is 0 Å². The summed E-state index contributed by atoms with van der Waals surface area (Å²) in [5.74, 6) is 0. The van der Waals surface area contributed by atoms with E-state index in [0.717, 1.165) is 6.20 Å². The van der Waals surface area contributed by atoms with E-state index in [-0.39, 0.29) is 15.1 Å². The Hall–Kier alpha value is -1.37. The normalized spacial score (nSPS) is 11.2. The van der Waals surface area contributed by atoms with Crippen LogP contribution in [0.1, 0.15) is 0 Å². The van der Waals surface area contributed by atoms with Gasteiger partial charge in [0.2, 0.25) is 0 Å². The van der Waals surface area contributed by atoms with E-state index in [2.05, 4.69) is 14.7 Å². The van der Waals surface area contributed by atoms with Crippen molar-refractivity contribution in [3.8, 4) is 0 Å². The first-order valence-corrected chi connectivity index (χ1v) is 6.97. The molecule has 1 N–H and O–H groups in total. The minimum atomic E-state index is -3.74. The Morgan fingerprint density at radius 3 is 2.44 bits per heavy atom. The van der Waals surface area contributed by atoms with Gasteiger partial charge in [-0.25, -0.2) is 13.4 Å². The van der Waals surface area contributed by atoms with Crippen LogP contribution in [0, 0.1) is 0 Å². The van der Waals surface area contributed by atoms with Crippen molar-refractivity contribution in [3.63, 3.8) is 0 Å². The van der Waals surface area contributed by atoms with Crippen molar-refractivity contribution in [2.24, 2.45) is 0 Å². The van der Waals surface area contributed by atoms with Gasteiger partial charge >= 0.3 is 0 Å². The molecule has 5 nitrogen and oxygen atoms in total. The molecule has 0 saturated heterocycles. The van der Waals surface area contributed by atoms with Crippen molar-refractivity contribution in [2.75, 3.05) is 4.72 Å². The van der Waals surface area contributed by atoms with Crippen molar-refractivity contribution in [3.05, 3.63) is 47.0 Å². The number of nitrogens with one attached hydrogen (secondary N) is 1. The molecule has 0 saturated carbocycles. The van der Waals surface area contributed by atoms with Gasteiger partial charge in [-0.2, -0.15) is 0 Å². The zero-order chi connectivity index (χ0) is 13.2. The third-order valence-corrected chi connectivity index (χ3v) is 4.05. The van der Waals surface area contributed by atoms with E-state index >= 15 is 0 Å². The quantitative estimate of drug-likeness (QED) is 0.885. The summed E-state index contributed by atoms with van der Waals surface area (Å²) >= 11 is 11.4. The Labute approximate surface area is 114 Å². The molecule has 0 amide bonds. The largest absolute Gasteiger partial charge is 0.279 e. The van der Waals surface area contributed by atoms with E-state index < -0.39 is 10.0 Å². The average molecular weight is 304 g/mol. The van der Waals surface area contributed by atoms with E-state index in [1.165, 1.54) is 30.6 Å². The van der Waals surface area contributed by atoms with Crippen LogP contribution in [0.5, 0.6) is 0 Å². The molecule has 0 atom stereocenters. The Bertz CT molecular complexity index is 662. The van der Waals surface area contributed by atoms with Crippen LogP contribution < -0.4 is 4.72 Å². The fraction of sp³-hybridized carbons (Fsp3) is 0. The molecule has 2 rings (SSSR count). The van der Waals surface area contributed by atoms with Crippen molar-refractivity contribution in [1.29, 1.82) is 0 Å². The lowest BCUT2D eigenvalue weighted by molar-refractivity contribution is 0.601. The van der Waals surface area contributed by atoms with Crippen molar-refractivity contribution < 1.29 is 8.42 Å². The topological polar surface area (TPSA) is 72.0 Å². The summed E-state index contributed by atoms with van der Waals surface area (Å²) in [5, 5.41) is 0.133. The van der Waals surface area contributed by atoms with E-state index in [1.807, 2.05) is 0 Å². The van der Waals surface area contributed by atoms with Gasteiger partial charge in [-0.15, -0.1) is 0 Å². The van der Waals surface area contributed by atoms with Gasteiger partial charge in [-0.05, 0) is 18.2 Å². The molecule has 0 bridgehead atoms. The molecule has 0 aromatic carbocycles. The van der Waals surface area contributed by atoms with Crippen LogP contribution in [0.2, 0.25) is 10.2 Å². The van der Waals surface area contributed by atoms with E-state index in [1.54, 1.807) is 0 Å². The molecule has 0 spiro atoms. The Balaban J connectivity index is 2.34. The standard InChI is InChI=1S/C10H7Cl2N3O2S/c11-9-5-8(6-14-10(9)12)18(16,17)15-7-1-3-13-4-2-7/h1-6H,(H,13,15). The molecule has 0 unspecified atom stereocenters. The van der Waals surface area contributed by atoms with Gasteiger partial charge in [-0.1, -0.05) is 23.2 Å². The summed E-state index contributed by atoms with van der Waals surface area (Å²) in [5.41, 5.74) is 0.399. The fourth-order valence-corrected chi connectivity index (χ4v) is 2.55. The lowest BCUT2D eigenvalue weighted by Gasteiger charge is -2.07.